The monoisotopic (exact) mass is 543 g/mol. The summed E-state index contributed by atoms with van der Waals surface area (Å²) in [5.41, 5.74) is 6.07. The summed E-state index contributed by atoms with van der Waals surface area (Å²) in [4.78, 5) is 27.8. The van der Waals surface area contributed by atoms with Crippen LogP contribution in [0, 0.1) is 17.8 Å². The average Bonchev–Trinajstić information content (AvgIpc) is 2.98. The largest absolute Gasteiger partial charge is 0.457 e. The van der Waals surface area contributed by atoms with Gasteiger partial charge in [0.2, 0.25) is 0 Å². The molecule has 0 saturated heterocycles. The van der Waals surface area contributed by atoms with Crippen molar-refractivity contribution >= 4 is 22.6 Å². The first-order chi connectivity index (χ1) is 19.9. The molecule has 0 radical (unpaired) electrons. The van der Waals surface area contributed by atoms with Gasteiger partial charge in [0, 0.05) is 19.7 Å². The van der Waals surface area contributed by atoms with E-state index in [2.05, 4.69) is 36.4 Å². The SMILES string of the molecule is CN(C)C(=O)c1ccc(-c2ccc3cc(C(=O)OCc4ccccc4)ccc3c2)cc1C12CC3CC(CC(C3)C1)C2. The van der Waals surface area contributed by atoms with Crippen LogP contribution < -0.4 is 0 Å². The smallest absolute Gasteiger partial charge is 0.338 e. The van der Waals surface area contributed by atoms with E-state index >= 15 is 0 Å². The standard InChI is InChI=1S/C37H37NO3/c1-38(2)35(39)33-13-12-31(19-34(33)37-20-25-14-26(21-37)16-27(15-25)22-37)29-8-9-30-18-32(11-10-28(30)17-29)36(40)41-23-24-6-4-3-5-7-24/h3-13,17-19,25-27H,14-16,20-23H2,1-2H3. The van der Waals surface area contributed by atoms with Crippen molar-refractivity contribution in [2.24, 2.45) is 17.8 Å². The van der Waals surface area contributed by atoms with Crippen molar-refractivity contribution in [1.29, 1.82) is 0 Å². The molecule has 0 N–H and O–H groups in total. The van der Waals surface area contributed by atoms with E-state index in [9.17, 15) is 9.59 Å². The number of amides is 1. The van der Waals surface area contributed by atoms with E-state index in [-0.39, 0.29) is 23.9 Å². The van der Waals surface area contributed by atoms with Gasteiger partial charge in [0.1, 0.15) is 6.61 Å². The van der Waals surface area contributed by atoms with E-state index in [1.54, 1.807) is 4.90 Å². The Morgan fingerprint density at radius 1 is 0.756 bits per heavy atom. The minimum atomic E-state index is -0.318. The van der Waals surface area contributed by atoms with E-state index in [4.69, 9.17) is 4.74 Å². The molecular formula is C37H37NO3. The second kappa shape index (κ2) is 10.2. The van der Waals surface area contributed by atoms with Gasteiger partial charge >= 0.3 is 5.97 Å². The van der Waals surface area contributed by atoms with Crippen LogP contribution in [-0.2, 0) is 16.8 Å². The van der Waals surface area contributed by atoms with Crippen LogP contribution in [0.5, 0.6) is 0 Å². The molecule has 4 fully saturated rings. The Labute approximate surface area is 242 Å². The molecule has 0 aliphatic heterocycles. The second-order valence-electron chi connectivity index (χ2n) is 13.0. The number of rotatable bonds is 6. The lowest BCUT2D eigenvalue weighted by atomic mass is 9.47. The molecule has 4 saturated carbocycles. The lowest BCUT2D eigenvalue weighted by Gasteiger charge is -2.57. The Kier molecular flexibility index (Phi) is 6.45. The van der Waals surface area contributed by atoms with Crippen molar-refractivity contribution in [3.05, 3.63) is 107 Å². The summed E-state index contributed by atoms with van der Waals surface area (Å²) in [6, 6.07) is 28.4. The molecule has 4 aromatic carbocycles. The Balaban J connectivity index is 1.20. The summed E-state index contributed by atoms with van der Waals surface area (Å²) in [5.74, 6) is 2.21. The van der Waals surface area contributed by atoms with Gasteiger partial charge in [-0.2, -0.15) is 0 Å². The third kappa shape index (κ3) is 4.84. The van der Waals surface area contributed by atoms with Crippen LogP contribution in [0.2, 0.25) is 0 Å². The molecule has 208 valence electrons. The van der Waals surface area contributed by atoms with E-state index in [1.165, 1.54) is 44.1 Å². The summed E-state index contributed by atoms with van der Waals surface area (Å²) >= 11 is 0. The summed E-state index contributed by atoms with van der Waals surface area (Å²) in [5, 5.41) is 2.08. The van der Waals surface area contributed by atoms with Crippen molar-refractivity contribution in [2.75, 3.05) is 14.1 Å². The van der Waals surface area contributed by atoms with Gasteiger partial charge in [-0.15, -0.1) is 0 Å². The molecule has 4 nitrogen and oxygen atoms in total. The zero-order chi connectivity index (χ0) is 28.1. The Morgan fingerprint density at radius 3 is 2.05 bits per heavy atom. The second-order valence-corrected chi connectivity index (χ2v) is 13.0. The topological polar surface area (TPSA) is 46.6 Å². The molecule has 4 heteroatoms. The zero-order valence-corrected chi connectivity index (χ0v) is 23.9. The highest BCUT2D eigenvalue weighted by Gasteiger charge is 2.52. The highest BCUT2D eigenvalue weighted by molar-refractivity contribution is 5.98. The normalized spacial score (nSPS) is 24.4. The van der Waals surface area contributed by atoms with Gasteiger partial charge in [-0.3, -0.25) is 4.79 Å². The number of benzene rings is 4. The number of nitrogens with zero attached hydrogens (tertiary/aromatic N) is 1. The molecule has 41 heavy (non-hydrogen) atoms. The summed E-state index contributed by atoms with van der Waals surface area (Å²) in [7, 11) is 3.71. The van der Waals surface area contributed by atoms with Crippen molar-refractivity contribution in [1.82, 2.24) is 4.90 Å². The number of carbonyl (C=O) groups is 2. The number of ether oxygens (including phenoxy) is 1. The van der Waals surface area contributed by atoms with Crippen LogP contribution in [0.1, 0.15) is 70.4 Å². The third-order valence-electron chi connectivity index (χ3n) is 9.89. The molecule has 0 aromatic heterocycles. The average molecular weight is 544 g/mol. The van der Waals surface area contributed by atoms with E-state index < -0.39 is 0 Å². The first-order valence-corrected chi connectivity index (χ1v) is 15.0. The number of esters is 1. The quantitative estimate of drug-likeness (QED) is 0.231. The van der Waals surface area contributed by atoms with E-state index in [0.29, 0.717) is 5.56 Å². The maximum atomic E-state index is 13.4. The molecule has 8 rings (SSSR count). The van der Waals surface area contributed by atoms with Gasteiger partial charge in [-0.25, -0.2) is 4.79 Å². The van der Waals surface area contributed by atoms with Crippen molar-refractivity contribution < 1.29 is 14.3 Å². The molecule has 0 spiro atoms. The lowest BCUT2D eigenvalue weighted by Crippen LogP contribution is -2.49. The first-order valence-electron chi connectivity index (χ1n) is 15.0. The minimum Gasteiger partial charge on any atom is -0.457 e. The number of fused-ring (bicyclic) bond motifs is 1. The summed E-state index contributed by atoms with van der Waals surface area (Å²) in [6.07, 6.45) is 7.79. The molecule has 1 amide bonds. The van der Waals surface area contributed by atoms with Gasteiger partial charge in [0.25, 0.3) is 5.91 Å². The maximum Gasteiger partial charge on any atom is 0.338 e. The Hall–Kier alpha value is -3.92. The fraction of sp³-hybridized carbons (Fsp3) is 0.351. The lowest BCUT2D eigenvalue weighted by molar-refractivity contribution is -0.00563. The summed E-state index contributed by atoms with van der Waals surface area (Å²) in [6.45, 7) is 0.259. The summed E-state index contributed by atoms with van der Waals surface area (Å²) < 4.78 is 5.55. The van der Waals surface area contributed by atoms with E-state index in [0.717, 1.165) is 50.8 Å². The number of carbonyl (C=O) groups excluding carboxylic acids is 2. The fourth-order valence-electron chi connectivity index (χ4n) is 8.39. The van der Waals surface area contributed by atoms with Gasteiger partial charge in [0.05, 0.1) is 5.56 Å². The maximum absolute atomic E-state index is 13.4. The predicted molar refractivity (Wildman–Crippen MR) is 163 cm³/mol. The van der Waals surface area contributed by atoms with Gasteiger partial charge in [0.15, 0.2) is 0 Å². The number of hydrogen-bond acceptors (Lipinski definition) is 3. The molecular weight excluding hydrogens is 506 g/mol. The van der Waals surface area contributed by atoms with Crippen molar-refractivity contribution in [2.45, 2.75) is 50.5 Å². The van der Waals surface area contributed by atoms with Crippen LogP contribution in [0.4, 0.5) is 0 Å². The molecule has 4 aliphatic carbocycles. The van der Waals surface area contributed by atoms with Crippen molar-refractivity contribution in [3.8, 4) is 11.1 Å². The van der Waals surface area contributed by atoms with Gasteiger partial charge in [-0.05, 0) is 125 Å². The predicted octanol–water partition coefficient (Wildman–Crippen LogP) is 8.03. The minimum absolute atomic E-state index is 0.104. The Morgan fingerprint density at radius 2 is 1.37 bits per heavy atom. The molecule has 0 heterocycles. The van der Waals surface area contributed by atoms with Crippen LogP contribution in [0.15, 0.2) is 84.9 Å². The van der Waals surface area contributed by atoms with Gasteiger partial charge in [-0.1, -0.05) is 54.6 Å². The van der Waals surface area contributed by atoms with Crippen LogP contribution in [0.3, 0.4) is 0 Å². The fourth-order valence-corrected chi connectivity index (χ4v) is 8.39. The molecule has 4 aliphatic rings. The molecule has 4 aromatic rings. The Bertz CT molecular complexity index is 1600. The van der Waals surface area contributed by atoms with Gasteiger partial charge < -0.3 is 9.64 Å². The molecule has 4 bridgehead atoms. The molecule has 0 unspecified atom stereocenters. The molecule has 0 atom stereocenters. The van der Waals surface area contributed by atoms with Crippen LogP contribution in [0.25, 0.3) is 21.9 Å². The number of hydrogen-bond donors (Lipinski definition) is 0. The highest BCUT2D eigenvalue weighted by Crippen LogP contribution is 2.61. The van der Waals surface area contributed by atoms with Crippen LogP contribution >= 0.6 is 0 Å². The third-order valence-corrected chi connectivity index (χ3v) is 9.89. The first kappa shape index (κ1) is 26.0. The van der Waals surface area contributed by atoms with Crippen molar-refractivity contribution in [3.63, 3.8) is 0 Å². The van der Waals surface area contributed by atoms with Crippen LogP contribution in [-0.4, -0.2) is 30.9 Å². The van der Waals surface area contributed by atoms with E-state index in [1.807, 2.05) is 62.6 Å². The zero-order valence-electron chi connectivity index (χ0n) is 23.9. The highest BCUT2D eigenvalue weighted by atomic mass is 16.5.